The Kier molecular flexibility index (Phi) is 6.59. The molecule has 2 aromatic rings. The highest BCUT2D eigenvalue weighted by atomic mass is 19.4. The first-order valence-electron chi connectivity index (χ1n) is 9.87. The number of rotatable bonds is 8. The van der Waals surface area contributed by atoms with Crippen molar-refractivity contribution in [2.75, 3.05) is 13.2 Å². The fraction of sp³-hybridized carbons (Fsp3) is 0.304. The highest BCUT2D eigenvalue weighted by Gasteiger charge is 2.49. The molecule has 0 radical (unpaired) electrons. The lowest BCUT2D eigenvalue weighted by Crippen LogP contribution is -2.42. The van der Waals surface area contributed by atoms with Crippen molar-refractivity contribution in [3.63, 3.8) is 0 Å². The highest BCUT2D eigenvalue weighted by Crippen LogP contribution is 2.33. The van der Waals surface area contributed by atoms with Gasteiger partial charge < -0.3 is 15.2 Å². The topological polar surface area (TPSA) is 78.9 Å². The van der Waals surface area contributed by atoms with E-state index in [0.717, 1.165) is 34.7 Å². The number of imide groups is 1. The van der Waals surface area contributed by atoms with Crippen LogP contribution in [0, 0.1) is 0 Å². The van der Waals surface area contributed by atoms with Gasteiger partial charge in [0.1, 0.15) is 24.0 Å². The van der Waals surface area contributed by atoms with Crippen molar-refractivity contribution in [1.29, 1.82) is 0 Å². The zero-order chi connectivity index (χ0) is 23.5. The van der Waals surface area contributed by atoms with Crippen molar-refractivity contribution >= 4 is 11.9 Å². The van der Waals surface area contributed by atoms with E-state index in [2.05, 4.69) is 11.9 Å². The zero-order valence-corrected chi connectivity index (χ0v) is 17.4. The SMILES string of the molecule is C=CCc1ccccc1OCC(O)CN1C(=O)NC(C)(c2ccc(C(F)(F)F)cc2)C1=O. The number of carbonyl (C=O) groups excluding carboxylic acids is 2. The number of nitrogens with zero attached hydrogens (tertiary/aromatic N) is 1. The van der Waals surface area contributed by atoms with Crippen LogP contribution in [0.3, 0.4) is 0 Å². The van der Waals surface area contributed by atoms with Gasteiger partial charge in [0.15, 0.2) is 0 Å². The van der Waals surface area contributed by atoms with Gasteiger partial charge in [0.2, 0.25) is 0 Å². The number of halogens is 3. The second kappa shape index (κ2) is 9.04. The predicted octanol–water partition coefficient (Wildman–Crippen LogP) is 3.64. The van der Waals surface area contributed by atoms with Crippen LogP contribution < -0.4 is 10.1 Å². The van der Waals surface area contributed by atoms with Gasteiger partial charge >= 0.3 is 12.2 Å². The molecule has 32 heavy (non-hydrogen) atoms. The third kappa shape index (κ3) is 4.77. The quantitative estimate of drug-likeness (QED) is 0.478. The van der Waals surface area contributed by atoms with Gasteiger partial charge in [-0.2, -0.15) is 13.2 Å². The molecule has 2 N–H and O–H groups in total. The summed E-state index contributed by atoms with van der Waals surface area (Å²) in [6, 6.07) is 10.5. The fourth-order valence-corrected chi connectivity index (χ4v) is 3.47. The zero-order valence-electron chi connectivity index (χ0n) is 17.4. The molecule has 6 nitrogen and oxygen atoms in total. The van der Waals surface area contributed by atoms with Crippen LogP contribution in [0.25, 0.3) is 0 Å². The monoisotopic (exact) mass is 448 g/mol. The number of carbonyl (C=O) groups is 2. The van der Waals surface area contributed by atoms with Gasteiger partial charge in [-0.15, -0.1) is 6.58 Å². The second-order valence-electron chi connectivity index (χ2n) is 7.61. The molecule has 0 saturated carbocycles. The first kappa shape index (κ1) is 23.3. The Morgan fingerprint density at radius 1 is 1.19 bits per heavy atom. The summed E-state index contributed by atoms with van der Waals surface area (Å²) in [5.41, 5.74) is -1.32. The minimum Gasteiger partial charge on any atom is -0.491 e. The number of para-hydroxylation sites is 1. The average Bonchev–Trinajstić information content (AvgIpc) is 2.97. The van der Waals surface area contributed by atoms with Crippen LogP contribution in [0.2, 0.25) is 0 Å². The number of alkyl halides is 3. The number of aliphatic hydroxyl groups is 1. The summed E-state index contributed by atoms with van der Waals surface area (Å²) in [7, 11) is 0. The van der Waals surface area contributed by atoms with E-state index in [4.69, 9.17) is 4.74 Å². The normalized spacial score (nSPS) is 19.6. The predicted molar refractivity (Wildman–Crippen MR) is 111 cm³/mol. The summed E-state index contributed by atoms with van der Waals surface area (Å²) >= 11 is 0. The molecule has 170 valence electrons. The summed E-state index contributed by atoms with van der Waals surface area (Å²) in [5.74, 6) is -0.119. The molecule has 3 rings (SSSR count). The third-order valence-electron chi connectivity index (χ3n) is 5.23. The molecule has 2 aromatic carbocycles. The van der Waals surface area contributed by atoms with Gasteiger partial charge in [-0.25, -0.2) is 4.79 Å². The Balaban J connectivity index is 1.67. The van der Waals surface area contributed by atoms with Crippen LogP contribution in [-0.4, -0.2) is 41.2 Å². The number of ether oxygens (including phenoxy) is 1. The fourth-order valence-electron chi connectivity index (χ4n) is 3.47. The first-order chi connectivity index (χ1) is 15.1. The molecule has 0 aliphatic carbocycles. The maximum absolute atomic E-state index is 12.9. The van der Waals surface area contributed by atoms with Gasteiger partial charge in [0.25, 0.3) is 5.91 Å². The van der Waals surface area contributed by atoms with Gasteiger partial charge in [0, 0.05) is 0 Å². The summed E-state index contributed by atoms with van der Waals surface area (Å²) in [6.07, 6.45) is -3.39. The van der Waals surface area contributed by atoms with E-state index >= 15 is 0 Å². The lowest BCUT2D eigenvalue weighted by molar-refractivity contribution is -0.137. The third-order valence-corrected chi connectivity index (χ3v) is 5.23. The molecule has 9 heteroatoms. The molecule has 0 bridgehead atoms. The van der Waals surface area contributed by atoms with E-state index in [-0.39, 0.29) is 18.7 Å². The van der Waals surface area contributed by atoms with Crippen LogP contribution >= 0.6 is 0 Å². The van der Waals surface area contributed by atoms with E-state index in [1.54, 1.807) is 18.2 Å². The molecule has 1 fully saturated rings. The van der Waals surface area contributed by atoms with Gasteiger partial charge in [-0.3, -0.25) is 9.69 Å². The van der Waals surface area contributed by atoms with E-state index in [1.807, 2.05) is 12.1 Å². The van der Waals surface area contributed by atoms with Gasteiger partial charge in [-0.1, -0.05) is 36.4 Å². The van der Waals surface area contributed by atoms with Crippen molar-refractivity contribution in [2.24, 2.45) is 0 Å². The minimum atomic E-state index is -4.51. The van der Waals surface area contributed by atoms with E-state index in [9.17, 15) is 27.9 Å². The first-order valence-corrected chi connectivity index (χ1v) is 9.87. The van der Waals surface area contributed by atoms with E-state index in [1.165, 1.54) is 6.92 Å². The number of hydrogen-bond acceptors (Lipinski definition) is 4. The van der Waals surface area contributed by atoms with Crippen LogP contribution in [0.4, 0.5) is 18.0 Å². The highest BCUT2D eigenvalue weighted by molar-refractivity contribution is 6.07. The Hall–Kier alpha value is -3.33. The van der Waals surface area contributed by atoms with Gasteiger partial charge in [0.05, 0.1) is 12.1 Å². The number of allylic oxidation sites excluding steroid dienone is 1. The summed E-state index contributed by atoms with van der Waals surface area (Å²) in [5, 5.41) is 12.9. The Labute approximate surface area is 183 Å². The van der Waals surface area contributed by atoms with E-state index < -0.39 is 35.3 Å². The van der Waals surface area contributed by atoms with Crippen LogP contribution in [0.5, 0.6) is 5.75 Å². The van der Waals surface area contributed by atoms with Crippen molar-refractivity contribution < 1.29 is 32.6 Å². The number of hydrogen-bond donors (Lipinski definition) is 2. The van der Waals surface area contributed by atoms with Crippen molar-refractivity contribution in [2.45, 2.75) is 31.2 Å². The molecule has 2 atom stereocenters. The lowest BCUT2D eigenvalue weighted by atomic mass is 9.91. The van der Waals surface area contributed by atoms with Crippen molar-refractivity contribution in [3.05, 3.63) is 77.9 Å². The number of β-amino-alcohol motifs (C(OH)–C–C–N with tert-alkyl or cyclic N) is 1. The summed E-state index contributed by atoms with van der Waals surface area (Å²) < 4.78 is 44.1. The average molecular weight is 448 g/mol. The Morgan fingerprint density at radius 2 is 1.84 bits per heavy atom. The van der Waals surface area contributed by atoms with E-state index in [0.29, 0.717) is 12.2 Å². The van der Waals surface area contributed by atoms with Crippen LogP contribution in [0.1, 0.15) is 23.6 Å². The summed E-state index contributed by atoms with van der Waals surface area (Å²) in [6.45, 7) is 4.60. The lowest BCUT2D eigenvalue weighted by Gasteiger charge is -2.23. The standard InChI is InChI=1S/C23H23F3N2O4/c1-3-6-15-7-4-5-8-19(15)32-14-18(29)13-28-20(30)22(2,27-21(28)31)16-9-11-17(12-10-16)23(24,25)26/h3-5,7-12,18,29H,1,6,13-14H2,2H3,(H,27,31). The summed E-state index contributed by atoms with van der Waals surface area (Å²) in [4.78, 5) is 26.2. The molecule has 2 unspecified atom stereocenters. The van der Waals surface area contributed by atoms with Crippen molar-refractivity contribution in [1.82, 2.24) is 10.2 Å². The molecule has 1 saturated heterocycles. The Bertz CT molecular complexity index is 1010. The van der Waals surface area contributed by atoms with Crippen molar-refractivity contribution in [3.8, 4) is 5.75 Å². The Morgan fingerprint density at radius 3 is 2.47 bits per heavy atom. The molecule has 1 aliphatic heterocycles. The molecular formula is C23H23F3N2O4. The second-order valence-corrected chi connectivity index (χ2v) is 7.61. The molecule has 0 aromatic heterocycles. The maximum Gasteiger partial charge on any atom is 0.416 e. The number of urea groups is 1. The van der Waals surface area contributed by atoms with Gasteiger partial charge in [-0.05, 0) is 42.7 Å². The van der Waals surface area contributed by atoms with Crippen LogP contribution in [-0.2, 0) is 22.9 Å². The molecule has 3 amide bonds. The molecule has 0 spiro atoms. The minimum absolute atomic E-state index is 0.164. The maximum atomic E-state index is 12.9. The number of benzene rings is 2. The largest absolute Gasteiger partial charge is 0.491 e. The molecule has 1 heterocycles. The smallest absolute Gasteiger partial charge is 0.416 e. The number of amides is 3. The van der Waals surface area contributed by atoms with Crippen LogP contribution in [0.15, 0.2) is 61.2 Å². The molecular weight excluding hydrogens is 425 g/mol. The molecule has 1 aliphatic rings. The number of aliphatic hydroxyl groups excluding tert-OH is 1. The number of nitrogens with one attached hydrogen (secondary N) is 1.